The van der Waals surface area contributed by atoms with Crippen LogP contribution in [0.3, 0.4) is 0 Å². The Morgan fingerprint density at radius 1 is 1.35 bits per heavy atom. The Bertz CT molecular complexity index is 585. The number of benzene rings is 1. The van der Waals surface area contributed by atoms with E-state index in [2.05, 4.69) is 25.9 Å². The molecular weight excluding hydrogens is 262 g/mol. The van der Waals surface area contributed by atoms with Crippen LogP contribution in [0.25, 0.3) is 0 Å². The molecule has 2 rings (SSSR count). The average Bonchev–Trinajstić information content (AvgIpc) is 3.00. The van der Waals surface area contributed by atoms with Gasteiger partial charge in [0, 0.05) is 0 Å². The molecule has 0 saturated carbocycles. The highest BCUT2D eigenvalue weighted by Gasteiger charge is 2.19. The van der Waals surface area contributed by atoms with Crippen LogP contribution in [0.1, 0.15) is 29.1 Å². The number of aromatic nitrogens is 4. The summed E-state index contributed by atoms with van der Waals surface area (Å²) in [6.07, 6.45) is 0. The van der Waals surface area contributed by atoms with Crippen molar-refractivity contribution in [3.63, 3.8) is 0 Å². The molecule has 0 aliphatic rings. The second-order valence-corrected chi connectivity index (χ2v) is 4.01. The number of H-pyrrole nitrogens is 1. The van der Waals surface area contributed by atoms with Gasteiger partial charge in [0.2, 0.25) is 0 Å². The van der Waals surface area contributed by atoms with Gasteiger partial charge in [-0.05, 0) is 19.1 Å². The van der Waals surface area contributed by atoms with E-state index < -0.39 is 0 Å². The lowest BCUT2D eigenvalue weighted by Crippen LogP contribution is -2.27. The molecule has 0 saturated heterocycles. The van der Waals surface area contributed by atoms with Gasteiger partial charge in [0.25, 0.3) is 5.91 Å². The summed E-state index contributed by atoms with van der Waals surface area (Å²) in [5.74, 6) is 0.971. The van der Waals surface area contributed by atoms with Gasteiger partial charge >= 0.3 is 0 Å². The topological polar surface area (TPSA) is 102 Å². The summed E-state index contributed by atoms with van der Waals surface area (Å²) in [5, 5.41) is 16.2. The SMILES string of the molecule is COc1cccc(C(=O)NC(C)c2nn[nH]n2)c1OC. The van der Waals surface area contributed by atoms with E-state index in [-0.39, 0.29) is 11.9 Å². The first-order chi connectivity index (χ1) is 9.67. The van der Waals surface area contributed by atoms with E-state index in [1.54, 1.807) is 25.1 Å². The first-order valence-electron chi connectivity index (χ1n) is 5.92. The molecule has 8 nitrogen and oxygen atoms in total. The quantitative estimate of drug-likeness (QED) is 0.834. The predicted molar refractivity (Wildman–Crippen MR) is 69.6 cm³/mol. The molecule has 0 bridgehead atoms. The van der Waals surface area contributed by atoms with E-state index in [4.69, 9.17) is 9.47 Å². The zero-order valence-corrected chi connectivity index (χ0v) is 11.4. The van der Waals surface area contributed by atoms with Crippen LogP contribution in [0, 0.1) is 0 Å². The fraction of sp³-hybridized carbons (Fsp3) is 0.333. The predicted octanol–water partition coefficient (Wildman–Crippen LogP) is 0.708. The van der Waals surface area contributed by atoms with Crippen LogP contribution in [-0.2, 0) is 0 Å². The molecule has 0 spiro atoms. The summed E-state index contributed by atoms with van der Waals surface area (Å²) in [6.45, 7) is 1.76. The molecular formula is C12H15N5O3. The van der Waals surface area contributed by atoms with Crippen molar-refractivity contribution in [2.45, 2.75) is 13.0 Å². The number of nitrogens with zero attached hydrogens (tertiary/aromatic N) is 3. The summed E-state index contributed by atoms with van der Waals surface area (Å²) in [4.78, 5) is 12.3. The zero-order chi connectivity index (χ0) is 14.5. The fourth-order valence-electron chi connectivity index (χ4n) is 1.76. The zero-order valence-electron chi connectivity index (χ0n) is 11.4. The first kappa shape index (κ1) is 13.8. The number of para-hydroxylation sites is 1. The van der Waals surface area contributed by atoms with Gasteiger partial charge in [0.15, 0.2) is 17.3 Å². The number of rotatable bonds is 5. The van der Waals surface area contributed by atoms with Gasteiger partial charge in [-0.25, -0.2) is 0 Å². The lowest BCUT2D eigenvalue weighted by Gasteiger charge is -2.14. The van der Waals surface area contributed by atoms with Crippen LogP contribution in [0.5, 0.6) is 11.5 Å². The molecule has 0 radical (unpaired) electrons. The van der Waals surface area contributed by atoms with Gasteiger partial charge in [-0.1, -0.05) is 11.3 Å². The number of carbonyl (C=O) groups excluding carboxylic acids is 1. The van der Waals surface area contributed by atoms with E-state index in [9.17, 15) is 4.79 Å². The third kappa shape index (κ3) is 2.68. The lowest BCUT2D eigenvalue weighted by atomic mass is 10.1. The van der Waals surface area contributed by atoms with Gasteiger partial charge < -0.3 is 14.8 Å². The van der Waals surface area contributed by atoms with Gasteiger partial charge in [-0.15, -0.1) is 10.2 Å². The Kier molecular flexibility index (Phi) is 4.14. The standard InChI is InChI=1S/C12H15N5O3/c1-7(11-14-16-17-15-11)13-12(18)8-5-4-6-9(19-2)10(8)20-3/h4-7H,1-3H3,(H,13,18)(H,14,15,16,17). The number of ether oxygens (including phenoxy) is 2. The van der Waals surface area contributed by atoms with E-state index in [1.807, 2.05) is 0 Å². The lowest BCUT2D eigenvalue weighted by molar-refractivity contribution is 0.0934. The maximum atomic E-state index is 12.3. The Balaban J connectivity index is 2.21. The van der Waals surface area contributed by atoms with Crippen molar-refractivity contribution in [2.24, 2.45) is 0 Å². The number of carbonyl (C=O) groups is 1. The molecule has 1 heterocycles. The molecule has 1 atom stereocenters. The third-order valence-corrected chi connectivity index (χ3v) is 2.74. The molecule has 1 aromatic heterocycles. The molecule has 2 aromatic rings. The van der Waals surface area contributed by atoms with Crippen molar-refractivity contribution < 1.29 is 14.3 Å². The Hall–Kier alpha value is -2.64. The van der Waals surface area contributed by atoms with Crippen LogP contribution in [0.2, 0.25) is 0 Å². The number of methoxy groups -OCH3 is 2. The van der Waals surface area contributed by atoms with Gasteiger partial charge in [0.05, 0.1) is 25.8 Å². The van der Waals surface area contributed by atoms with Crippen LogP contribution < -0.4 is 14.8 Å². The third-order valence-electron chi connectivity index (χ3n) is 2.74. The molecule has 8 heteroatoms. The van der Waals surface area contributed by atoms with Gasteiger partial charge in [0.1, 0.15) is 0 Å². The summed E-state index contributed by atoms with van der Waals surface area (Å²) < 4.78 is 10.4. The molecule has 1 aromatic carbocycles. The minimum absolute atomic E-state index is 0.307. The van der Waals surface area contributed by atoms with Crippen LogP contribution in [-0.4, -0.2) is 40.8 Å². The van der Waals surface area contributed by atoms with E-state index in [0.29, 0.717) is 22.9 Å². The Morgan fingerprint density at radius 3 is 2.75 bits per heavy atom. The number of hydrogen-bond acceptors (Lipinski definition) is 6. The summed E-state index contributed by atoms with van der Waals surface area (Å²) >= 11 is 0. The maximum Gasteiger partial charge on any atom is 0.255 e. The number of tetrazole rings is 1. The number of aromatic amines is 1. The molecule has 0 aliphatic heterocycles. The molecule has 1 amide bonds. The van der Waals surface area contributed by atoms with Gasteiger partial charge in [-0.2, -0.15) is 5.21 Å². The van der Waals surface area contributed by atoms with Crippen molar-refractivity contribution in [3.8, 4) is 11.5 Å². The van der Waals surface area contributed by atoms with Crippen LogP contribution >= 0.6 is 0 Å². The Morgan fingerprint density at radius 2 is 2.15 bits per heavy atom. The van der Waals surface area contributed by atoms with Crippen LogP contribution in [0.4, 0.5) is 0 Å². The first-order valence-corrected chi connectivity index (χ1v) is 5.92. The highest BCUT2D eigenvalue weighted by molar-refractivity contribution is 5.98. The van der Waals surface area contributed by atoms with E-state index >= 15 is 0 Å². The molecule has 20 heavy (non-hydrogen) atoms. The fourth-order valence-corrected chi connectivity index (χ4v) is 1.76. The average molecular weight is 277 g/mol. The minimum Gasteiger partial charge on any atom is -0.493 e. The van der Waals surface area contributed by atoms with Crippen molar-refractivity contribution in [1.82, 2.24) is 25.9 Å². The number of amides is 1. The Labute approximate surface area is 115 Å². The summed E-state index contributed by atoms with van der Waals surface area (Å²) in [5.41, 5.74) is 0.377. The summed E-state index contributed by atoms with van der Waals surface area (Å²) in [6, 6.07) is 4.71. The highest BCUT2D eigenvalue weighted by atomic mass is 16.5. The van der Waals surface area contributed by atoms with E-state index in [1.165, 1.54) is 14.2 Å². The highest BCUT2D eigenvalue weighted by Crippen LogP contribution is 2.30. The molecule has 106 valence electrons. The largest absolute Gasteiger partial charge is 0.493 e. The monoisotopic (exact) mass is 277 g/mol. The van der Waals surface area contributed by atoms with Gasteiger partial charge in [-0.3, -0.25) is 4.79 Å². The second kappa shape index (κ2) is 6.00. The number of hydrogen-bond donors (Lipinski definition) is 2. The minimum atomic E-state index is -0.378. The number of nitrogens with one attached hydrogen (secondary N) is 2. The second-order valence-electron chi connectivity index (χ2n) is 4.01. The normalized spacial score (nSPS) is 11.8. The van der Waals surface area contributed by atoms with Crippen molar-refractivity contribution >= 4 is 5.91 Å². The molecule has 1 unspecified atom stereocenters. The molecule has 0 aliphatic carbocycles. The molecule has 2 N–H and O–H groups in total. The summed E-state index contributed by atoms with van der Waals surface area (Å²) in [7, 11) is 3.00. The smallest absolute Gasteiger partial charge is 0.255 e. The molecule has 0 fully saturated rings. The van der Waals surface area contributed by atoms with E-state index in [0.717, 1.165) is 0 Å². The van der Waals surface area contributed by atoms with Crippen molar-refractivity contribution in [3.05, 3.63) is 29.6 Å². The van der Waals surface area contributed by atoms with Crippen molar-refractivity contribution in [1.29, 1.82) is 0 Å². The van der Waals surface area contributed by atoms with Crippen molar-refractivity contribution in [2.75, 3.05) is 14.2 Å². The maximum absolute atomic E-state index is 12.3. The van der Waals surface area contributed by atoms with Crippen LogP contribution in [0.15, 0.2) is 18.2 Å².